The van der Waals surface area contributed by atoms with Gasteiger partial charge in [-0.1, -0.05) is 43.3 Å². The summed E-state index contributed by atoms with van der Waals surface area (Å²) in [4.78, 5) is 36.5. The van der Waals surface area contributed by atoms with Crippen LogP contribution in [0.4, 0.5) is 11.6 Å². The molecule has 2 aliphatic rings. The fraction of sp³-hybridized carbons (Fsp3) is 0.419. The van der Waals surface area contributed by atoms with Crippen molar-refractivity contribution in [2.45, 2.75) is 44.9 Å². The number of nitrogens with one attached hydrogen (secondary N) is 1. The number of amides is 1. The van der Waals surface area contributed by atoms with Gasteiger partial charge in [0.1, 0.15) is 0 Å². The lowest BCUT2D eigenvalue weighted by Gasteiger charge is -2.44. The summed E-state index contributed by atoms with van der Waals surface area (Å²) < 4.78 is 13.2. The molecule has 11 heteroatoms. The van der Waals surface area contributed by atoms with Crippen LogP contribution in [0.5, 0.6) is 0 Å². The summed E-state index contributed by atoms with van der Waals surface area (Å²) in [6.07, 6.45) is 2.11. The van der Waals surface area contributed by atoms with Gasteiger partial charge in [0.2, 0.25) is 11.9 Å². The van der Waals surface area contributed by atoms with Crippen LogP contribution in [0.1, 0.15) is 48.8 Å². The number of hydrogen-bond donors (Lipinski definition) is 3. The van der Waals surface area contributed by atoms with E-state index in [1.54, 1.807) is 24.5 Å². The van der Waals surface area contributed by atoms with Gasteiger partial charge in [0.25, 0.3) is 0 Å². The van der Waals surface area contributed by atoms with Crippen LogP contribution >= 0.6 is 0 Å². The zero-order chi connectivity index (χ0) is 29.5. The third-order valence-corrected chi connectivity index (χ3v) is 7.78. The third-order valence-electron chi connectivity index (χ3n) is 7.78. The second-order valence-electron chi connectivity index (χ2n) is 10.7. The second-order valence-corrected chi connectivity index (χ2v) is 10.7. The van der Waals surface area contributed by atoms with Crippen molar-refractivity contribution in [3.8, 4) is 0 Å². The van der Waals surface area contributed by atoms with Crippen LogP contribution in [0, 0.1) is 5.92 Å². The van der Waals surface area contributed by atoms with E-state index in [2.05, 4.69) is 32.0 Å². The molecule has 2 aliphatic heterocycles. The molecule has 3 aromatic rings. The van der Waals surface area contributed by atoms with E-state index in [0.717, 1.165) is 55.4 Å². The van der Waals surface area contributed by atoms with Gasteiger partial charge < -0.3 is 29.9 Å². The van der Waals surface area contributed by atoms with E-state index in [1.165, 1.54) is 0 Å². The maximum atomic E-state index is 12.3. The first-order valence-corrected chi connectivity index (χ1v) is 14.3. The van der Waals surface area contributed by atoms with Crippen LogP contribution in [-0.2, 0) is 25.7 Å². The van der Waals surface area contributed by atoms with Crippen molar-refractivity contribution in [3.63, 3.8) is 0 Å². The van der Waals surface area contributed by atoms with E-state index in [0.29, 0.717) is 5.69 Å². The monoisotopic (exact) mass is 575 g/mol. The van der Waals surface area contributed by atoms with Gasteiger partial charge in [0.15, 0.2) is 6.29 Å². The molecule has 222 valence electrons. The van der Waals surface area contributed by atoms with E-state index in [9.17, 15) is 14.7 Å². The summed E-state index contributed by atoms with van der Waals surface area (Å²) in [6, 6.07) is 16.9. The molecule has 0 spiro atoms. The number of rotatable bonds is 10. The van der Waals surface area contributed by atoms with Crippen molar-refractivity contribution in [2.24, 2.45) is 5.92 Å². The first-order valence-electron chi connectivity index (χ1n) is 14.3. The summed E-state index contributed by atoms with van der Waals surface area (Å²) in [7, 11) is 0. The molecule has 1 aromatic heterocycles. The Morgan fingerprint density at radius 3 is 2.38 bits per heavy atom. The number of carbonyl (C=O) groups is 2. The summed E-state index contributed by atoms with van der Waals surface area (Å²) in [6.45, 7) is 6.18. The third kappa shape index (κ3) is 7.48. The molecule has 1 amide bonds. The Labute approximate surface area is 245 Å². The minimum Gasteiger partial charge on any atom is -0.481 e. The highest BCUT2D eigenvalue weighted by atomic mass is 16.7. The van der Waals surface area contributed by atoms with Crippen molar-refractivity contribution in [1.29, 1.82) is 0 Å². The Kier molecular flexibility index (Phi) is 9.75. The number of carbonyl (C=O) groups excluding carboxylic acids is 1. The lowest BCUT2D eigenvalue weighted by molar-refractivity contribution is -0.276. The van der Waals surface area contributed by atoms with Gasteiger partial charge >= 0.3 is 5.97 Å². The lowest BCUT2D eigenvalue weighted by atomic mass is 9.90. The fourth-order valence-electron chi connectivity index (χ4n) is 5.37. The van der Waals surface area contributed by atoms with Crippen molar-refractivity contribution in [2.75, 3.05) is 42.9 Å². The number of aliphatic carboxylic acids is 1. The number of anilines is 2. The Hall–Kier alpha value is -3.90. The van der Waals surface area contributed by atoms with Gasteiger partial charge in [-0.2, -0.15) is 0 Å². The van der Waals surface area contributed by atoms with Gasteiger partial charge in [-0.25, -0.2) is 9.97 Å². The van der Waals surface area contributed by atoms with E-state index in [4.69, 9.17) is 14.6 Å². The zero-order valence-corrected chi connectivity index (χ0v) is 23.6. The molecule has 4 atom stereocenters. The normalized spacial score (nSPS) is 23.0. The number of nitrogens with zero attached hydrogens (tertiary/aromatic N) is 4. The van der Waals surface area contributed by atoms with E-state index >= 15 is 0 Å². The van der Waals surface area contributed by atoms with Gasteiger partial charge in [0, 0.05) is 68.7 Å². The number of aromatic nitrogens is 2. The second kappa shape index (κ2) is 13.8. The number of aliphatic hydroxyl groups excluding tert-OH is 1. The number of ether oxygens (including phenoxy) is 2. The van der Waals surface area contributed by atoms with Crippen LogP contribution in [0.2, 0.25) is 0 Å². The quantitative estimate of drug-likeness (QED) is 0.330. The molecule has 0 aliphatic carbocycles. The minimum absolute atomic E-state index is 0.0271. The number of piperazine rings is 1. The first-order chi connectivity index (χ1) is 20.4. The molecule has 0 radical (unpaired) electrons. The topological polar surface area (TPSA) is 137 Å². The van der Waals surface area contributed by atoms with E-state index < -0.39 is 12.3 Å². The van der Waals surface area contributed by atoms with Crippen LogP contribution in [0.25, 0.3) is 0 Å². The summed E-state index contributed by atoms with van der Waals surface area (Å²) in [5.41, 5.74) is 3.14. The molecule has 5 rings (SSSR count). The Morgan fingerprint density at radius 1 is 0.952 bits per heavy atom. The summed E-state index contributed by atoms with van der Waals surface area (Å²) in [5.74, 6) is -0.603. The molecule has 0 unspecified atom stereocenters. The van der Waals surface area contributed by atoms with Gasteiger partial charge in [-0.3, -0.25) is 14.5 Å². The first kappa shape index (κ1) is 29.6. The van der Waals surface area contributed by atoms with Crippen LogP contribution in [-0.4, -0.2) is 75.8 Å². The predicted molar refractivity (Wildman–Crippen MR) is 156 cm³/mol. The number of hydrogen-bond acceptors (Lipinski definition) is 9. The molecule has 3 heterocycles. The molecular weight excluding hydrogens is 538 g/mol. The van der Waals surface area contributed by atoms with E-state index in [-0.39, 0.29) is 43.5 Å². The SMILES string of the molecule is C[C@@H]1[C@H](CN2CCN(c3ncccn3)CC2)O[C@H](c2cccc(NC(=O)CCC(=O)O)c2)O[C@@H]1c1ccc(CO)cc1. The maximum Gasteiger partial charge on any atom is 0.303 e. The number of carboxylic acid groups (broad SMARTS) is 1. The standard InChI is InChI=1S/C31H37N5O6/c1-21-26(19-35-14-16-36(17-15-35)31-32-12-3-13-33-31)41-30(42-29(21)23-8-6-22(20-37)7-9-23)24-4-2-5-25(18-24)34-27(38)10-11-28(39)40/h2-9,12-13,18,21,26,29-30,37H,10-11,14-17,19-20H2,1H3,(H,34,38)(H,39,40)/t21-,26+,29+,30+/m1/s1. The van der Waals surface area contributed by atoms with Crippen LogP contribution < -0.4 is 10.2 Å². The molecular formula is C31H37N5O6. The van der Waals surface area contributed by atoms with Gasteiger partial charge in [0.05, 0.1) is 25.2 Å². The molecule has 0 saturated carbocycles. The fourth-order valence-corrected chi connectivity index (χ4v) is 5.37. The molecule has 11 nitrogen and oxygen atoms in total. The molecule has 2 fully saturated rings. The molecule has 0 bridgehead atoms. The van der Waals surface area contributed by atoms with Crippen LogP contribution in [0.3, 0.4) is 0 Å². The van der Waals surface area contributed by atoms with E-state index in [1.807, 2.05) is 42.5 Å². The van der Waals surface area contributed by atoms with Crippen LogP contribution in [0.15, 0.2) is 67.0 Å². The van der Waals surface area contributed by atoms with Gasteiger partial charge in [-0.15, -0.1) is 0 Å². The van der Waals surface area contributed by atoms with Crippen molar-refractivity contribution >= 4 is 23.5 Å². The Balaban J connectivity index is 1.31. The number of carboxylic acids is 1. The zero-order valence-electron chi connectivity index (χ0n) is 23.6. The number of benzene rings is 2. The van der Waals surface area contributed by atoms with Gasteiger partial charge in [-0.05, 0) is 29.3 Å². The lowest BCUT2D eigenvalue weighted by Crippen LogP contribution is -2.51. The Bertz CT molecular complexity index is 1330. The minimum atomic E-state index is -1.02. The summed E-state index contributed by atoms with van der Waals surface area (Å²) in [5, 5.41) is 21.2. The molecule has 42 heavy (non-hydrogen) atoms. The average molecular weight is 576 g/mol. The molecule has 2 saturated heterocycles. The highest BCUT2D eigenvalue weighted by Crippen LogP contribution is 2.42. The number of aliphatic hydroxyl groups is 1. The van der Waals surface area contributed by atoms with Crippen molar-refractivity contribution in [3.05, 3.63) is 83.7 Å². The summed E-state index contributed by atoms with van der Waals surface area (Å²) >= 11 is 0. The predicted octanol–water partition coefficient (Wildman–Crippen LogP) is 3.39. The van der Waals surface area contributed by atoms with Crippen molar-refractivity contribution < 1.29 is 29.3 Å². The highest BCUT2D eigenvalue weighted by Gasteiger charge is 2.39. The average Bonchev–Trinajstić information content (AvgIpc) is 3.02. The highest BCUT2D eigenvalue weighted by molar-refractivity contribution is 5.92. The smallest absolute Gasteiger partial charge is 0.303 e. The Morgan fingerprint density at radius 2 is 1.69 bits per heavy atom. The molecule has 3 N–H and O–H groups in total. The maximum absolute atomic E-state index is 12.3. The molecule has 2 aromatic carbocycles. The largest absolute Gasteiger partial charge is 0.481 e. The van der Waals surface area contributed by atoms with Crippen molar-refractivity contribution in [1.82, 2.24) is 14.9 Å².